The van der Waals surface area contributed by atoms with Crippen molar-refractivity contribution in [1.29, 1.82) is 0 Å². The van der Waals surface area contributed by atoms with Gasteiger partial charge in [0.2, 0.25) is 0 Å². The minimum absolute atomic E-state index is 0.244. The Bertz CT molecular complexity index is 701. The van der Waals surface area contributed by atoms with Crippen molar-refractivity contribution in [1.82, 2.24) is 9.61 Å². The van der Waals surface area contributed by atoms with Crippen molar-refractivity contribution in [2.24, 2.45) is 0 Å². The van der Waals surface area contributed by atoms with Gasteiger partial charge in [-0.1, -0.05) is 17.7 Å². The highest BCUT2D eigenvalue weighted by Gasteiger charge is 2.10. The van der Waals surface area contributed by atoms with Gasteiger partial charge < -0.3 is 5.32 Å². The van der Waals surface area contributed by atoms with Gasteiger partial charge in [0.1, 0.15) is 0 Å². The molecule has 0 aliphatic rings. The molecule has 94 valence electrons. The van der Waals surface area contributed by atoms with Crippen LogP contribution in [0.15, 0.2) is 54.7 Å². The van der Waals surface area contributed by atoms with Crippen molar-refractivity contribution in [2.75, 3.05) is 5.32 Å². The van der Waals surface area contributed by atoms with E-state index in [0.29, 0.717) is 16.4 Å². The summed E-state index contributed by atoms with van der Waals surface area (Å²) in [4.78, 5) is 12.0. The summed E-state index contributed by atoms with van der Waals surface area (Å²) >= 11 is 5.79. The Balaban J connectivity index is 1.85. The van der Waals surface area contributed by atoms with Crippen LogP contribution in [-0.2, 0) is 0 Å². The van der Waals surface area contributed by atoms with Gasteiger partial charge in [0, 0.05) is 16.9 Å². The summed E-state index contributed by atoms with van der Waals surface area (Å²) in [7, 11) is 0. The van der Waals surface area contributed by atoms with Gasteiger partial charge in [-0.2, -0.15) is 5.10 Å². The molecule has 1 aromatic carbocycles. The molecule has 0 radical (unpaired) electrons. The quantitative estimate of drug-likeness (QED) is 0.778. The highest BCUT2D eigenvalue weighted by Crippen LogP contribution is 2.14. The second kappa shape index (κ2) is 4.74. The van der Waals surface area contributed by atoms with Crippen LogP contribution in [0.3, 0.4) is 0 Å². The lowest BCUT2D eigenvalue weighted by Gasteiger charge is -2.02. The van der Waals surface area contributed by atoms with Gasteiger partial charge >= 0.3 is 0 Å². The fourth-order valence-electron chi connectivity index (χ4n) is 1.78. The summed E-state index contributed by atoms with van der Waals surface area (Å²) in [5.74, 6) is -0.244. The Morgan fingerprint density at radius 2 is 1.95 bits per heavy atom. The Kier molecular flexibility index (Phi) is 2.93. The number of nitrogens with one attached hydrogen (secondary N) is 1. The number of benzene rings is 1. The van der Waals surface area contributed by atoms with Crippen LogP contribution in [0.5, 0.6) is 0 Å². The maximum atomic E-state index is 12.0. The smallest absolute Gasteiger partial charge is 0.276 e. The van der Waals surface area contributed by atoms with Crippen molar-refractivity contribution in [3.05, 3.63) is 65.4 Å². The van der Waals surface area contributed by atoms with E-state index in [4.69, 9.17) is 11.6 Å². The molecule has 2 heterocycles. The number of carbonyl (C=O) groups is 1. The molecule has 0 aliphatic heterocycles. The van der Waals surface area contributed by atoms with Crippen LogP contribution in [0.1, 0.15) is 10.5 Å². The first-order valence-electron chi connectivity index (χ1n) is 5.74. The van der Waals surface area contributed by atoms with Crippen LogP contribution in [0.4, 0.5) is 5.69 Å². The number of rotatable bonds is 2. The van der Waals surface area contributed by atoms with Gasteiger partial charge in [-0.05, 0) is 42.5 Å². The van der Waals surface area contributed by atoms with Crippen LogP contribution in [0.25, 0.3) is 5.52 Å². The molecule has 1 N–H and O–H groups in total. The van der Waals surface area contributed by atoms with Crippen LogP contribution >= 0.6 is 11.6 Å². The first kappa shape index (κ1) is 11.7. The maximum absolute atomic E-state index is 12.0. The molecule has 0 fully saturated rings. The number of aromatic nitrogens is 2. The topological polar surface area (TPSA) is 46.4 Å². The molecule has 2 aromatic heterocycles. The molecule has 0 saturated heterocycles. The van der Waals surface area contributed by atoms with E-state index in [2.05, 4.69) is 10.4 Å². The average Bonchev–Trinajstić information content (AvgIpc) is 2.85. The van der Waals surface area contributed by atoms with Gasteiger partial charge in [-0.25, -0.2) is 4.52 Å². The molecule has 0 bridgehead atoms. The SMILES string of the molecule is O=C(Nc1ccc(Cl)cc1)c1cc2ccccn2n1. The van der Waals surface area contributed by atoms with E-state index in [9.17, 15) is 4.79 Å². The largest absolute Gasteiger partial charge is 0.321 e. The van der Waals surface area contributed by atoms with E-state index < -0.39 is 0 Å². The Morgan fingerprint density at radius 3 is 2.68 bits per heavy atom. The zero-order valence-electron chi connectivity index (χ0n) is 9.88. The van der Waals surface area contributed by atoms with Gasteiger partial charge in [0.15, 0.2) is 5.69 Å². The van der Waals surface area contributed by atoms with E-state index in [1.54, 1.807) is 41.0 Å². The molecule has 1 amide bonds. The summed E-state index contributed by atoms with van der Waals surface area (Å²) in [5, 5.41) is 7.61. The normalized spacial score (nSPS) is 10.6. The molecule has 0 unspecified atom stereocenters. The van der Waals surface area contributed by atoms with Crippen molar-refractivity contribution in [3.63, 3.8) is 0 Å². The number of pyridine rings is 1. The number of fused-ring (bicyclic) bond motifs is 1. The predicted octanol–water partition coefficient (Wildman–Crippen LogP) is 3.24. The van der Waals surface area contributed by atoms with E-state index in [-0.39, 0.29) is 5.91 Å². The Morgan fingerprint density at radius 1 is 1.16 bits per heavy atom. The second-order valence-electron chi connectivity index (χ2n) is 4.06. The van der Waals surface area contributed by atoms with Crippen molar-refractivity contribution in [3.8, 4) is 0 Å². The van der Waals surface area contributed by atoms with Crippen molar-refractivity contribution in [2.45, 2.75) is 0 Å². The third-order valence-corrected chi connectivity index (χ3v) is 2.96. The standard InChI is InChI=1S/C14H10ClN3O/c15-10-4-6-11(7-5-10)16-14(19)13-9-12-3-1-2-8-18(12)17-13/h1-9H,(H,16,19). The zero-order valence-corrected chi connectivity index (χ0v) is 10.6. The van der Waals surface area contributed by atoms with Crippen LogP contribution < -0.4 is 5.32 Å². The fourth-order valence-corrected chi connectivity index (χ4v) is 1.90. The molecule has 5 heteroatoms. The maximum Gasteiger partial charge on any atom is 0.276 e. The lowest BCUT2D eigenvalue weighted by atomic mass is 10.3. The molecule has 0 saturated carbocycles. The molecular formula is C14H10ClN3O. The summed E-state index contributed by atoms with van der Waals surface area (Å²) in [5.41, 5.74) is 1.94. The van der Waals surface area contributed by atoms with E-state index in [0.717, 1.165) is 5.52 Å². The zero-order chi connectivity index (χ0) is 13.2. The summed E-state index contributed by atoms with van der Waals surface area (Å²) < 4.78 is 1.66. The van der Waals surface area contributed by atoms with Crippen molar-refractivity contribution >= 4 is 28.7 Å². The number of hydrogen-bond acceptors (Lipinski definition) is 2. The van der Waals surface area contributed by atoms with E-state index >= 15 is 0 Å². The Hall–Kier alpha value is -2.33. The first-order chi connectivity index (χ1) is 9.22. The van der Waals surface area contributed by atoms with Gasteiger partial charge in [-0.3, -0.25) is 4.79 Å². The lowest BCUT2D eigenvalue weighted by molar-refractivity contribution is 0.102. The molecule has 3 aromatic rings. The molecular weight excluding hydrogens is 262 g/mol. The lowest BCUT2D eigenvalue weighted by Crippen LogP contribution is -2.12. The summed E-state index contributed by atoms with van der Waals surface area (Å²) in [6.07, 6.45) is 1.80. The summed E-state index contributed by atoms with van der Waals surface area (Å²) in [6.45, 7) is 0. The Labute approximate surface area is 114 Å². The van der Waals surface area contributed by atoms with Gasteiger partial charge in [0.05, 0.1) is 5.52 Å². The summed E-state index contributed by atoms with van der Waals surface area (Å²) in [6, 6.07) is 14.3. The molecule has 4 nitrogen and oxygen atoms in total. The highest BCUT2D eigenvalue weighted by molar-refractivity contribution is 6.30. The van der Waals surface area contributed by atoms with Gasteiger partial charge in [-0.15, -0.1) is 0 Å². The molecule has 3 rings (SSSR count). The first-order valence-corrected chi connectivity index (χ1v) is 6.11. The number of nitrogens with zero attached hydrogens (tertiary/aromatic N) is 2. The molecule has 0 atom stereocenters. The average molecular weight is 272 g/mol. The van der Waals surface area contributed by atoms with Gasteiger partial charge in [0.25, 0.3) is 5.91 Å². The second-order valence-corrected chi connectivity index (χ2v) is 4.50. The number of carbonyl (C=O) groups excluding carboxylic acids is 1. The minimum atomic E-state index is -0.244. The van der Waals surface area contributed by atoms with E-state index in [1.807, 2.05) is 18.2 Å². The third kappa shape index (κ3) is 2.44. The fraction of sp³-hybridized carbons (Fsp3) is 0. The number of halogens is 1. The highest BCUT2D eigenvalue weighted by atomic mass is 35.5. The van der Waals surface area contributed by atoms with E-state index in [1.165, 1.54) is 0 Å². The molecule has 0 aliphatic carbocycles. The monoisotopic (exact) mass is 271 g/mol. The third-order valence-electron chi connectivity index (χ3n) is 2.70. The van der Waals surface area contributed by atoms with Crippen LogP contribution in [0.2, 0.25) is 5.02 Å². The minimum Gasteiger partial charge on any atom is -0.321 e. The number of anilines is 1. The number of amides is 1. The molecule has 19 heavy (non-hydrogen) atoms. The van der Waals surface area contributed by atoms with Crippen LogP contribution in [-0.4, -0.2) is 15.5 Å². The number of hydrogen-bond donors (Lipinski definition) is 1. The molecule has 0 spiro atoms. The predicted molar refractivity (Wildman–Crippen MR) is 74.6 cm³/mol. The van der Waals surface area contributed by atoms with Crippen molar-refractivity contribution < 1.29 is 4.79 Å². The van der Waals surface area contributed by atoms with Crippen LogP contribution in [0, 0.1) is 0 Å².